The summed E-state index contributed by atoms with van der Waals surface area (Å²) in [6, 6.07) is 5.17. The van der Waals surface area contributed by atoms with Crippen LogP contribution < -0.4 is 10.2 Å². The molecule has 0 saturated heterocycles. The van der Waals surface area contributed by atoms with Crippen molar-refractivity contribution in [1.29, 1.82) is 0 Å². The molecular weight excluding hydrogens is 408 g/mol. The monoisotopic (exact) mass is 438 g/mol. The standard InChI is InChI=1S/C24H30N4O2S/c1-5-24(3,4)16-8-10-20-17(12-16)21-22(25-14-26-23(21)31-20)28-27-13-15-7-9-18(29)19(11-15)30-6-2/h7,9,11,13-14,16,29H,5-6,8,10,12H2,1-4H3,(H,25,26,28). The van der Waals surface area contributed by atoms with Crippen LogP contribution in [-0.2, 0) is 12.8 Å². The van der Waals surface area contributed by atoms with Crippen molar-refractivity contribution in [3.8, 4) is 11.5 Å². The Morgan fingerprint density at radius 2 is 2.16 bits per heavy atom. The smallest absolute Gasteiger partial charge is 0.161 e. The first kappa shape index (κ1) is 21.6. The number of nitrogens with one attached hydrogen (secondary N) is 1. The lowest BCUT2D eigenvalue weighted by Crippen LogP contribution is -2.28. The SMILES string of the molecule is CCOc1cc(C=NNc2ncnc3sc4c(c23)CC(C(C)(C)CC)CC4)ccc1O. The van der Waals surface area contributed by atoms with E-state index in [1.165, 1.54) is 23.3 Å². The van der Waals surface area contributed by atoms with E-state index in [4.69, 9.17) is 4.74 Å². The number of anilines is 1. The quantitative estimate of drug-likeness (QED) is 0.361. The van der Waals surface area contributed by atoms with E-state index in [1.54, 1.807) is 42.1 Å². The molecule has 0 saturated carbocycles. The van der Waals surface area contributed by atoms with Crippen LogP contribution in [0, 0.1) is 11.3 Å². The first-order valence-electron chi connectivity index (χ1n) is 10.9. The minimum atomic E-state index is 0.124. The average molecular weight is 439 g/mol. The first-order valence-corrected chi connectivity index (χ1v) is 11.7. The number of phenolic OH excluding ortho intramolecular Hbond substituents is 1. The van der Waals surface area contributed by atoms with E-state index in [9.17, 15) is 5.11 Å². The minimum Gasteiger partial charge on any atom is -0.504 e. The molecule has 0 aliphatic heterocycles. The van der Waals surface area contributed by atoms with Gasteiger partial charge in [0, 0.05) is 4.88 Å². The topological polar surface area (TPSA) is 79.6 Å². The summed E-state index contributed by atoms with van der Waals surface area (Å²) >= 11 is 1.79. The molecule has 7 heteroatoms. The van der Waals surface area contributed by atoms with E-state index in [1.807, 2.05) is 6.92 Å². The highest BCUT2D eigenvalue weighted by molar-refractivity contribution is 7.19. The lowest BCUT2D eigenvalue weighted by molar-refractivity contribution is 0.184. The Bertz CT molecular complexity index is 1110. The van der Waals surface area contributed by atoms with Crippen molar-refractivity contribution in [3.05, 3.63) is 40.5 Å². The number of aromatic hydroxyl groups is 1. The normalized spacial score (nSPS) is 16.6. The molecule has 0 amide bonds. The van der Waals surface area contributed by atoms with Gasteiger partial charge in [-0.2, -0.15) is 5.10 Å². The van der Waals surface area contributed by atoms with Gasteiger partial charge in [-0.3, -0.25) is 5.43 Å². The highest BCUT2D eigenvalue weighted by Gasteiger charge is 2.33. The zero-order valence-corrected chi connectivity index (χ0v) is 19.4. The van der Waals surface area contributed by atoms with E-state index in [-0.39, 0.29) is 5.75 Å². The summed E-state index contributed by atoms with van der Waals surface area (Å²) in [5.41, 5.74) is 5.67. The Morgan fingerprint density at radius 3 is 2.94 bits per heavy atom. The van der Waals surface area contributed by atoms with E-state index in [0.717, 1.165) is 34.4 Å². The fraction of sp³-hybridized carbons (Fsp3) is 0.458. The van der Waals surface area contributed by atoms with Gasteiger partial charge in [-0.05, 0) is 66.8 Å². The summed E-state index contributed by atoms with van der Waals surface area (Å²) in [4.78, 5) is 11.5. The molecule has 2 heterocycles. The maximum atomic E-state index is 9.87. The van der Waals surface area contributed by atoms with Crippen molar-refractivity contribution >= 4 is 33.6 Å². The van der Waals surface area contributed by atoms with Crippen molar-refractivity contribution in [2.75, 3.05) is 12.0 Å². The van der Waals surface area contributed by atoms with Crippen molar-refractivity contribution in [2.45, 2.75) is 53.4 Å². The summed E-state index contributed by atoms with van der Waals surface area (Å²) in [5, 5.41) is 15.4. The highest BCUT2D eigenvalue weighted by Crippen LogP contribution is 2.45. The Balaban J connectivity index is 1.60. The van der Waals surface area contributed by atoms with Crippen molar-refractivity contribution < 1.29 is 9.84 Å². The lowest BCUT2D eigenvalue weighted by Gasteiger charge is -2.36. The summed E-state index contributed by atoms with van der Waals surface area (Å²) in [6.45, 7) is 9.42. The number of aryl methyl sites for hydroxylation is 1. The molecule has 0 radical (unpaired) electrons. The van der Waals surface area contributed by atoms with E-state index in [0.29, 0.717) is 23.7 Å². The van der Waals surface area contributed by atoms with Gasteiger partial charge in [-0.1, -0.05) is 27.2 Å². The second-order valence-corrected chi connectivity index (χ2v) is 9.80. The van der Waals surface area contributed by atoms with Crippen LogP contribution >= 0.6 is 11.3 Å². The van der Waals surface area contributed by atoms with Gasteiger partial charge in [-0.15, -0.1) is 11.3 Å². The van der Waals surface area contributed by atoms with Crippen molar-refractivity contribution in [1.82, 2.24) is 9.97 Å². The third-order valence-corrected chi connectivity index (χ3v) is 7.73. The molecule has 0 fully saturated rings. The predicted molar refractivity (Wildman–Crippen MR) is 127 cm³/mol. The van der Waals surface area contributed by atoms with Gasteiger partial charge >= 0.3 is 0 Å². The summed E-state index contributed by atoms with van der Waals surface area (Å²) < 4.78 is 5.45. The first-order chi connectivity index (χ1) is 14.9. The molecule has 1 aliphatic rings. The molecule has 6 nitrogen and oxygen atoms in total. The Labute approximate surface area is 187 Å². The average Bonchev–Trinajstić information content (AvgIpc) is 3.15. The van der Waals surface area contributed by atoms with Crippen LogP contribution in [0.1, 0.15) is 56.5 Å². The number of fused-ring (bicyclic) bond motifs is 3. The molecule has 4 rings (SSSR count). The van der Waals surface area contributed by atoms with Crippen LogP contribution in [0.25, 0.3) is 10.2 Å². The van der Waals surface area contributed by atoms with Crippen molar-refractivity contribution in [3.63, 3.8) is 0 Å². The van der Waals surface area contributed by atoms with E-state index < -0.39 is 0 Å². The van der Waals surface area contributed by atoms with Crippen molar-refractivity contribution in [2.24, 2.45) is 16.4 Å². The fourth-order valence-electron chi connectivity index (χ4n) is 4.20. The van der Waals surface area contributed by atoms with Gasteiger partial charge in [0.15, 0.2) is 17.3 Å². The number of aromatic nitrogens is 2. The second-order valence-electron chi connectivity index (χ2n) is 8.72. The number of benzene rings is 1. The zero-order valence-electron chi connectivity index (χ0n) is 18.6. The largest absolute Gasteiger partial charge is 0.504 e. The van der Waals surface area contributed by atoms with Crippen LogP contribution in [0.5, 0.6) is 11.5 Å². The summed E-state index contributed by atoms with van der Waals surface area (Å²) in [5.74, 6) is 1.98. The third kappa shape index (κ3) is 4.37. The Morgan fingerprint density at radius 1 is 1.32 bits per heavy atom. The number of rotatable bonds is 7. The number of phenols is 1. The maximum Gasteiger partial charge on any atom is 0.161 e. The predicted octanol–water partition coefficient (Wildman–Crippen LogP) is 5.78. The molecule has 31 heavy (non-hydrogen) atoms. The summed E-state index contributed by atoms with van der Waals surface area (Å²) in [6.07, 6.45) is 7.90. The molecule has 2 aromatic heterocycles. The Kier molecular flexibility index (Phi) is 6.14. The number of thiophene rings is 1. The van der Waals surface area contributed by atoms with Gasteiger partial charge in [0.2, 0.25) is 0 Å². The van der Waals surface area contributed by atoms with Crippen LogP contribution in [0.4, 0.5) is 5.82 Å². The van der Waals surface area contributed by atoms with Gasteiger partial charge in [0.05, 0.1) is 18.2 Å². The van der Waals surface area contributed by atoms with Gasteiger partial charge in [0.1, 0.15) is 11.2 Å². The van der Waals surface area contributed by atoms with Crippen LogP contribution in [0.2, 0.25) is 0 Å². The molecule has 1 aromatic carbocycles. The lowest BCUT2D eigenvalue weighted by atomic mass is 9.69. The molecule has 1 unspecified atom stereocenters. The molecule has 1 atom stereocenters. The fourth-order valence-corrected chi connectivity index (χ4v) is 5.38. The third-order valence-electron chi connectivity index (χ3n) is 6.53. The highest BCUT2D eigenvalue weighted by atomic mass is 32.1. The van der Waals surface area contributed by atoms with E-state index >= 15 is 0 Å². The van der Waals surface area contributed by atoms with Crippen LogP contribution in [0.15, 0.2) is 29.6 Å². The zero-order chi connectivity index (χ0) is 22.0. The number of ether oxygens (including phenoxy) is 1. The number of nitrogens with zero attached hydrogens (tertiary/aromatic N) is 3. The van der Waals surface area contributed by atoms with Crippen LogP contribution in [0.3, 0.4) is 0 Å². The second kappa shape index (κ2) is 8.83. The number of hydrogen-bond acceptors (Lipinski definition) is 7. The molecule has 3 aromatic rings. The van der Waals surface area contributed by atoms with Crippen LogP contribution in [-0.4, -0.2) is 27.9 Å². The molecule has 0 spiro atoms. The van der Waals surface area contributed by atoms with Gasteiger partial charge in [-0.25, -0.2) is 9.97 Å². The van der Waals surface area contributed by atoms with E-state index in [2.05, 4.69) is 41.3 Å². The number of hydrazone groups is 1. The molecular formula is C24H30N4O2S. The molecule has 2 N–H and O–H groups in total. The number of hydrogen-bond donors (Lipinski definition) is 2. The Hall–Kier alpha value is -2.67. The van der Waals surface area contributed by atoms with Gasteiger partial charge in [0.25, 0.3) is 0 Å². The molecule has 0 bridgehead atoms. The molecule has 164 valence electrons. The minimum absolute atomic E-state index is 0.124. The van der Waals surface area contributed by atoms with Gasteiger partial charge < -0.3 is 9.84 Å². The summed E-state index contributed by atoms with van der Waals surface area (Å²) in [7, 11) is 0. The maximum absolute atomic E-state index is 9.87. The molecule has 1 aliphatic carbocycles.